The van der Waals surface area contributed by atoms with E-state index in [-0.39, 0.29) is 11.0 Å². The van der Waals surface area contributed by atoms with Gasteiger partial charge in [-0.15, -0.1) is 10.2 Å². The predicted molar refractivity (Wildman–Crippen MR) is 105 cm³/mol. The molecule has 0 saturated carbocycles. The zero-order chi connectivity index (χ0) is 18.6. The number of anilines is 1. The van der Waals surface area contributed by atoms with Crippen LogP contribution in [0.5, 0.6) is 0 Å². The zero-order valence-electron chi connectivity index (χ0n) is 15.4. The summed E-state index contributed by atoms with van der Waals surface area (Å²) in [7, 11) is 0. The summed E-state index contributed by atoms with van der Waals surface area (Å²) >= 11 is 0. The van der Waals surface area contributed by atoms with Crippen LogP contribution in [0.4, 0.5) is 5.95 Å². The number of hydrogen-bond donors (Lipinski definition) is 2. The molecular weight excluding hydrogens is 324 g/mol. The first-order valence-corrected chi connectivity index (χ1v) is 8.79. The summed E-state index contributed by atoms with van der Waals surface area (Å²) in [6, 6.07) is 18.1. The smallest absolute Gasteiger partial charge is 0.279 e. The lowest BCUT2D eigenvalue weighted by atomic mass is 9.86. The molecule has 5 nitrogen and oxygen atoms in total. The molecule has 1 heterocycles. The van der Waals surface area contributed by atoms with Crippen LogP contribution < -0.4 is 10.9 Å². The Kier molecular flexibility index (Phi) is 5.16. The second-order valence-corrected chi connectivity index (χ2v) is 7.34. The van der Waals surface area contributed by atoms with Gasteiger partial charge in [-0.1, -0.05) is 75.4 Å². The number of benzene rings is 2. The molecule has 2 aromatic carbocycles. The van der Waals surface area contributed by atoms with E-state index in [1.54, 1.807) is 0 Å². The summed E-state index contributed by atoms with van der Waals surface area (Å²) in [6.07, 6.45) is 0.848. The van der Waals surface area contributed by atoms with Crippen molar-refractivity contribution in [2.24, 2.45) is 0 Å². The van der Waals surface area contributed by atoms with Crippen molar-refractivity contribution in [3.63, 3.8) is 0 Å². The molecule has 0 fully saturated rings. The molecule has 0 radical (unpaired) electrons. The van der Waals surface area contributed by atoms with Gasteiger partial charge in [-0.2, -0.15) is 0 Å². The average molecular weight is 348 g/mol. The van der Waals surface area contributed by atoms with Crippen molar-refractivity contribution < 1.29 is 0 Å². The highest BCUT2D eigenvalue weighted by Gasteiger charge is 2.14. The van der Waals surface area contributed by atoms with E-state index in [0.29, 0.717) is 18.2 Å². The summed E-state index contributed by atoms with van der Waals surface area (Å²) in [5.41, 5.74) is 3.37. The molecule has 3 aromatic rings. The van der Waals surface area contributed by atoms with Crippen molar-refractivity contribution in [3.8, 4) is 11.3 Å². The Morgan fingerprint density at radius 1 is 0.962 bits per heavy atom. The first kappa shape index (κ1) is 17.9. The van der Waals surface area contributed by atoms with Gasteiger partial charge in [-0.05, 0) is 23.0 Å². The van der Waals surface area contributed by atoms with Crippen LogP contribution in [-0.2, 0) is 11.8 Å². The van der Waals surface area contributed by atoms with Crippen LogP contribution in [0.25, 0.3) is 11.3 Å². The number of hydrogen-bond acceptors (Lipinski definition) is 4. The first-order chi connectivity index (χ1) is 12.4. The molecule has 0 bridgehead atoms. The van der Waals surface area contributed by atoms with Gasteiger partial charge in [0.15, 0.2) is 5.69 Å². The molecule has 0 aliphatic carbocycles. The fourth-order valence-corrected chi connectivity index (χ4v) is 2.70. The van der Waals surface area contributed by atoms with Crippen molar-refractivity contribution in [1.29, 1.82) is 0 Å². The van der Waals surface area contributed by atoms with E-state index >= 15 is 0 Å². The lowest BCUT2D eigenvalue weighted by molar-refractivity contribution is 0.590. The molecule has 2 N–H and O–H groups in total. The monoisotopic (exact) mass is 348 g/mol. The third-order valence-electron chi connectivity index (χ3n) is 4.27. The molecule has 0 amide bonds. The van der Waals surface area contributed by atoms with Crippen molar-refractivity contribution in [1.82, 2.24) is 15.2 Å². The number of nitrogens with one attached hydrogen (secondary N) is 2. The Bertz CT molecular complexity index is 909. The second kappa shape index (κ2) is 7.52. The van der Waals surface area contributed by atoms with Gasteiger partial charge in [0.2, 0.25) is 5.95 Å². The van der Waals surface area contributed by atoms with E-state index in [0.717, 1.165) is 12.0 Å². The van der Waals surface area contributed by atoms with Gasteiger partial charge in [0.05, 0.1) is 0 Å². The van der Waals surface area contributed by atoms with E-state index in [1.165, 1.54) is 11.1 Å². The van der Waals surface area contributed by atoms with Gasteiger partial charge >= 0.3 is 0 Å². The Morgan fingerprint density at radius 2 is 1.65 bits per heavy atom. The quantitative estimate of drug-likeness (QED) is 0.736. The molecular formula is C21H24N4O. The molecule has 0 aliphatic heterocycles. The fraction of sp³-hybridized carbons (Fsp3) is 0.286. The van der Waals surface area contributed by atoms with Crippen LogP contribution in [0, 0.1) is 0 Å². The number of nitrogens with zero attached hydrogens (tertiary/aromatic N) is 2. The summed E-state index contributed by atoms with van der Waals surface area (Å²) in [4.78, 5) is 15.1. The van der Waals surface area contributed by atoms with Gasteiger partial charge in [0.1, 0.15) is 0 Å². The normalized spacial score (nSPS) is 11.3. The van der Waals surface area contributed by atoms with Crippen LogP contribution >= 0.6 is 0 Å². The van der Waals surface area contributed by atoms with E-state index < -0.39 is 0 Å². The maximum Gasteiger partial charge on any atom is 0.279 e. The molecule has 26 heavy (non-hydrogen) atoms. The van der Waals surface area contributed by atoms with Crippen molar-refractivity contribution >= 4 is 5.95 Å². The minimum absolute atomic E-state index is 0.0726. The van der Waals surface area contributed by atoms with Crippen LogP contribution in [0.2, 0.25) is 0 Å². The topological polar surface area (TPSA) is 70.7 Å². The lowest BCUT2D eigenvalue weighted by Crippen LogP contribution is -2.18. The Labute approximate surface area is 153 Å². The minimum atomic E-state index is -0.245. The maximum absolute atomic E-state index is 12.4. The number of aromatic amines is 1. The summed E-state index contributed by atoms with van der Waals surface area (Å²) in [6.45, 7) is 7.15. The fourth-order valence-electron chi connectivity index (χ4n) is 2.70. The van der Waals surface area contributed by atoms with E-state index in [9.17, 15) is 4.79 Å². The van der Waals surface area contributed by atoms with Crippen molar-refractivity contribution in [3.05, 3.63) is 76.1 Å². The molecule has 0 spiro atoms. The molecule has 0 aliphatic rings. The largest absolute Gasteiger partial charge is 0.354 e. The third kappa shape index (κ3) is 4.36. The highest BCUT2D eigenvalue weighted by atomic mass is 16.1. The zero-order valence-corrected chi connectivity index (χ0v) is 15.4. The SMILES string of the molecule is CC(C)(C)c1ccc(-c2nnc(NCCc3ccccc3)[nH]c2=O)cc1. The first-order valence-electron chi connectivity index (χ1n) is 8.79. The number of H-pyrrole nitrogens is 1. The average Bonchev–Trinajstić information content (AvgIpc) is 2.62. The Hall–Kier alpha value is -2.95. The highest BCUT2D eigenvalue weighted by molar-refractivity contribution is 5.58. The van der Waals surface area contributed by atoms with Gasteiger partial charge < -0.3 is 5.32 Å². The van der Waals surface area contributed by atoms with E-state index in [1.807, 2.05) is 42.5 Å². The molecule has 0 atom stereocenters. The van der Waals surface area contributed by atoms with Crippen LogP contribution in [0.1, 0.15) is 31.9 Å². The summed E-state index contributed by atoms with van der Waals surface area (Å²) in [5, 5.41) is 11.3. The van der Waals surface area contributed by atoms with Crippen LogP contribution in [-0.4, -0.2) is 21.7 Å². The second-order valence-electron chi connectivity index (χ2n) is 7.34. The summed E-state index contributed by atoms with van der Waals surface area (Å²) < 4.78 is 0. The van der Waals surface area contributed by atoms with Gasteiger partial charge in [0, 0.05) is 12.1 Å². The van der Waals surface area contributed by atoms with Crippen molar-refractivity contribution in [2.45, 2.75) is 32.6 Å². The molecule has 0 unspecified atom stereocenters. The maximum atomic E-state index is 12.4. The summed E-state index contributed by atoms with van der Waals surface area (Å²) in [5.74, 6) is 0.390. The molecule has 5 heteroatoms. The molecule has 3 rings (SSSR count). The standard InChI is InChI=1S/C21H24N4O/c1-21(2,3)17-11-9-16(10-12-17)18-19(26)23-20(25-24-18)22-14-13-15-7-5-4-6-8-15/h4-12H,13-14H2,1-3H3,(H2,22,23,25,26). The Morgan fingerprint density at radius 3 is 2.27 bits per heavy atom. The molecule has 134 valence electrons. The lowest BCUT2D eigenvalue weighted by Gasteiger charge is -2.18. The predicted octanol–water partition coefficient (Wildman–Crippen LogP) is 3.78. The Balaban J connectivity index is 1.68. The van der Waals surface area contributed by atoms with Gasteiger partial charge in [0.25, 0.3) is 5.56 Å². The van der Waals surface area contributed by atoms with E-state index in [4.69, 9.17) is 0 Å². The highest BCUT2D eigenvalue weighted by Crippen LogP contribution is 2.24. The number of aromatic nitrogens is 3. The van der Waals surface area contributed by atoms with E-state index in [2.05, 4.69) is 53.4 Å². The molecule has 0 saturated heterocycles. The number of rotatable bonds is 5. The van der Waals surface area contributed by atoms with Crippen molar-refractivity contribution in [2.75, 3.05) is 11.9 Å². The minimum Gasteiger partial charge on any atom is -0.354 e. The van der Waals surface area contributed by atoms with Gasteiger partial charge in [-0.25, -0.2) is 0 Å². The van der Waals surface area contributed by atoms with Crippen LogP contribution in [0.15, 0.2) is 59.4 Å². The third-order valence-corrected chi connectivity index (χ3v) is 4.27. The van der Waals surface area contributed by atoms with Crippen LogP contribution in [0.3, 0.4) is 0 Å². The van der Waals surface area contributed by atoms with Gasteiger partial charge in [-0.3, -0.25) is 9.78 Å². The molecule has 1 aromatic heterocycles.